The van der Waals surface area contributed by atoms with E-state index in [4.69, 9.17) is 0 Å². The van der Waals surface area contributed by atoms with Crippen LogP contribution in [0.15, 0.2) is 0 Å². The molecule has 3 atom stereocenters. The number of aliphatic hydroxyl groups excluding tert-OH is 1. The fraction of sp³-hybridized carbons (Fsp3) is 0.929. The maximum Gasteiger partial charge on any atom is 0.232 e. The van der Waals surface area contributed by atoms with Crippen molar-refractivity contribution in [1.82, 2.24) is 10.2 Å². The molecular weight excluding hydrogens is 228 g/mol. The van der Waals surface area contributed by atoms with Gasteiger partial charge in [0.1, 0.15) is 0 Å². The van der Waals surface area contributed by atoms with Crippen LogP contribution in [0.4, 0.5) is 0 Å². The molecule has 1 saturated heterocycles. The topological polar surface area (TPSA) is 52.6 Å². The van der Waals surface area contributed by atoms with Gasteiger partial charge in [0.15, 0.2) is 0 Å². The highest BCUT2D eigenvalue weighted by molar-refractivity contribution is 5.85. The first-order valence-electron chi connectivity index (χ1n) is 7.18. The summed E-state index contributed by atoms with van der Waals surface area (Å²) in [4.78, 5) is 14.9. The number of nitrogens with one attached hydrogen (secondary N) is 1. The van der Waals surface area contributed by atoms with Crippen molar-refractivity contribution < 1.29 is 9.90 Å². The van der Waals surface area contributed by atoms with Crippen LogP contribution in [-0.2, 0) is 4.79 Å². The van der Waals surface area contributed by atoms with Gasteiger partial charge in [-0.15, -0.1) is 0 Å². The Morgan fingerprint density at radius 2 is 2.00 bits per heavy atom. The highest BCUT2D eigenvalue weighted by atomic mass is 16.3. The van der Waals surface area contributed by atoms with Crippen molar-refractivity contribution in [3.05, 3.63) is 0 Å². The highest BCUT2D eigenvalue weighted by Gasteiger charge is 2.68. The molecule has 18 heavy (non-hydrogen) atoms. The summed E-state index contributed by atoms with van der Waals surface area (Å²) in [6.45, 7) is 7.69. The third-order valence-electron chi connectivity index (χ3n) is 5.92. The highest BCUT2D eigenvalue weighted by Crippen LogP contribution is 2.66. The van der Waals surface area contributed by atoms with Crippen molar-refractivity contribution >= 4 is 5.91 Å². The van der Waals surface area contributed by atoms with E-state index in [1.165, 1.54) is 0 Å². The number of carbonyl (C=O) groups is 1. The Labute approximate surface area is 109 Å². The normalized spacial score (nSPS) is 42.3. The molecule has 2 saturated carbocycles. The number of hydrogen-bond acceptors (Lipinski definition) is 3. The van der Waals surface area contributed by atoms with Crippen molar-refractivity contribution in [2.45, 2.75) is 39.2 Å². The third-order valence-corrected chi connectivity index (χ3v) is 5.92. The summed E-state index contributed by atoms with van der Waals surface area (Å²) in [6.07, 6.45) is 2.34. The van der Waals surface area contributed by atoms with Gasteiger partial charge in [0.05, 0.1) is 11.5 Å². The molecule has 4 heteroatoms. The third kappa shape index (κ3) is 1.36. The number of rotatable bonds is 1. The van der Waals surface area contributed by atoms with Crippen LogP contribution >= 0.6 is 0 Å². The van der Waals surface area contributed by atoms with Crippen LogP contribution in [0.25, 0.3) is 0 Å². The quantitative estimate of drug-likeness (QED) is 0.719. The van der Waals surface area contributed by atoms with Gasteiger partial charge in [0, 0.05) is 26.2 Å². The van der Waals surface area contributed by atoms with Crippen molar-refractivity contribution in [3.8, 4) is 0 Å². The lowest BCUT2D eigenvalue weighted by atomic mass is 9.67. The average molecular weight is 252 g/mol. The fourth-order valence-corrected chi connectivity index (χ4v) is 4.60. The number of nitrogens with zero attached hydrogens (tertiary/aromatic N) is 1. The second kappa shape index (κ2) is 3.94. The van der Waals surface area contributed by atoms with Gasteiger partial charge in [0.2, 0.25) is 5.91 Å². The minimum absolute atomic E-state index is 0.0472. The van der Waals surface area contributed by atoms with E-state index in [1.54, 1.807) is 0 Å². The average Bonchev–Trinajstić information content (AvgIpc) is 2.73. The van der Waals surface area contributed by atoms with Gasteiger partial charge in [-0.25, -0.2) is 0 Å². The van der Waals surface area contributed by atoms with E-state index >= 15 is 0 Å². The minimum Gasteiger partial charge on any atom is -0.392 e. The first kappa shape index (κ1) is 12.4. The van der Waals surface area contributed by atoms with E-state index in [9.17, 15) is 9.90 Å². The van der Waals surface area contributed by atoms with Crippen LogP contribution in [0.5, 0.6) is 0 Å². The molecule has 1 amide bonds. The second-order valence-corrected chi connectivity index (χ2v) is 6.72. The summed E-state index contributed by atoms with van der Waals surface area (Å²) in [7, 11) is 0. The maximum atomic E-state index is 12.9. The molecule has 0 spiro atoms. The van der Waals surface area contributed by atoms with Crippen LogP contribution in [-0.4, -0.2) is 48.2 Å². The molecule has 3 aliphatic rings. The summed E-state index contributed by atoms with van der Waals surface area (Å²) < 4.78 is 0. The van der Waals surface area contributed by atoms with Crippen LogP contribution in [0.3, 0.4) is 0 Å². The van der Waals surface area contributed by atoms with E-state index in [0.717, 1.165) is 45.4 Å². The summed E-state index contributed by atoms with van der Waals surface area (Å²) >= 11 is 0. The lowest BCUT2D eigenvalue weighted by Crippen LogP contribution is -2.57. The smallest absolute Gasteiger partial charge is 0.232 e. The first-order chi connectivity index (χ1) is 8.50. The number of piperazine rings is 1. The van der Waals surface area contributed by atoms with E-state index in [2.05, 4.69) is 19.2 Å². The number of aliphatic hydroxyl groups is 1. The summed E-state index contributed by atoms with van der Waals surface area (Å²) in [5, 5.41) is 13.7. The molecule has 1 aliphatic heterocycles. The van der Waals surface area contributed by atoms with Crippen LogP contribution in [0.1, 0.15) is 33.1 Å². The van der Waals surface area contributed by atoms with Crippen molar-refractivity contribution in [2.75, 3.05) is 26.2 Å². The van der Waals surface area contributed by atoms with E-state index < -0.39 is 11.5 Å². The lowest BCUT2D eigenvalue weighted by molar-refractivity contribution is -0.155. The monoisotopic (exact) mass is 252 g/mol. The van der Waals surface area contributed by atoms with Gasteiger partial charge in [-0.05, 0) is 30.6 Å². The van der Waals surface area contributed by atoms with E-state index in [0.29, 0.717) is 5.92 Å². The maximum absolute atomic E-state index is 12.9. The minimum atomic E-state index is -0.505. The van der Waals surface area contributed by atoms with Crippen LogP contribution < -0.4 is 5.32 Å². The van der Waals surface area contributed by atoms with Gasteiger partial charge in [-0.1, -0.05) is 13.8 Å². The van der Waals surface area contributed by atoms with Gasteiger partial charge in [-0.3, -0.25) is 4.79 Å². The molecule has 2 aliphatic carbocycles. The first-order valence-corrected chi connectivity index (χ1v) is 7.18. The van der Waals surface area contributed by atoms with E-state index in [-0.39, 0.29) is 11.3 Å². The van der Waals surface area contributed by atoms with Gasteiger partial charge in [-0.2, -0.15) is 0 Å². The van der Waals surface area contributed by atoms with Gasteiger partial charge < -0.3 is 15.3 Å². The Bertz CT molecular complexity index is 363. The molecule has 0 aromatic carbocycles. The molecule has 1 heterocycles. The van der Waals surface area contributed by atoms with Crippen molar-refractivity contribution in [1.29, 1.82) is 0 Å². The molecule has 0 aromatic heterocycles. The Balaban J connectivity index is 1.91. The molecular formula is C14H24N2O2. The van der Waals surface area contributed by atoms with Crippen molar-refractivity contribution in [3.63, 3.8) is 0 Å². The SMILES string of the molecule is CC1(C)[C@@H]2CC[C@]1(C(=O)N1CCNCC1)[C@H](O)C2. The summed E-state index contributed by atoms with van der Waals surface area (Å²) in [5.41, 5.74) is -0.552. The molecule has 4 nitrogen and oxygen atoms in total. The van der Waals surface area contributed by atoms with Crippen LogP contribution in [0, 0.1) is 16.7 Å². The molecule has 3 fully saturated rings. The van der Waals surface area contributed by atoms with Gasteiger partial charge >= 0.3 is 0 Å². The zero-order chi connectivity index (χ0) is 13.0. The molecule has 0 unspecified atom stereocenters. The summed E-state index contributed by atoms with van der Waals surface area (Å²) in [6, 6.07) is 0. The predicted molar refractivity (Wildman–Crippen MR) is 69.0 cm³/mol. The number of fused-ring (bicyclic) bond motifs is 2. The zero-order valence-corrected chi connectivity index (χ0v) is 11.4. The van der Waals surface area contributed by atoms with Crippen molar-refractivity contribution in [2.24, 2.45) is 16.7 Å². The molecule has 0 aromatic rings. The lowest BCUT2D eigenvalue weighted by Gasteiger charge is -2.43. The predicted octanol–water partition coefficient (Wildman–Crippen LogP) is 0.605. The Morgan fingerprint density at radius 3 is 2.50 bits per heavy atom. The standard InChI is InChI=1S/C14H24N2O2/c1-13(2)10-3-4-14(13,11(17)9-10)12(18)16-7-5-15-6-8-16/h10-11,15,17H,3-9H2,1-2H3/t10-,11-,14-/m1/s1. The largest absolute Gasteiger partial charge is 0.392 e. The Hall–Kier alpha value is -0.610. The summed E-state index contributed by atoms with van der Waals surface area (Å²) in [5.74, 6) is 0.723. The second-order valence-electron chi connectivity index (χ2n) is 6.72. The Morgan fingerprint density at radius 1 is 1.33 bits per heavy atom. The molecule has 2 N–H and O–H groups in total. The molecule has 0 radical (unpaired) electrons. The molecule has 102 valence electrons. The zero-order valence-electron chi connectivity index (χ0n) is 11.4. The van der Waals surface area contributed by atoms with E-state index in [1.807, 2.05) is 4.90 Å². The number of hydrogen-bond donors (Lipinski definition) is 2. The van der Waals surface area contributed by atoms with Gasteiger partial charge in [0.25, 0.3) is 0 Å². The number of amides is 1. The Kier molecular flexibility index (Phi) is 2.72. The fourth-order valence-electron chi connectivity index (χ4n) is 4.60. The number of carbonyl (C=O) groups excluding carboxylic acids is 1. The molecule has 2 bridgehead atoms. The molecule has 3 rings (SSSR count). The van der Waals surface area contributed by atoms with Crippen LogP contribution in [0.2, 0.25) is 0 Å².